The highest BCUT2D eigenvalue weighted by Gasteiger charge is 2.06. The van der Waals surface area contributed by atoms with Crippen molar-refractivity contribution in [1.82, 2.24) is 9.99 Å². The Balaban J connectivity index is 1.74. The number of amides is 1. The molecule has 0 aliphatic carbocycles. The van der Waals surface area contributed by atoms with Crippen molar-refractivity contribution in [3.05, 3.63) is 66.0 Å². The van der Waals surface area contributed by atoms with E-state index >= 15 is 0 Å². The molecule has 0 saturated heterocycles. The third-order valence-electron chi connectivity index (χ3n) is 3.72. The lowest BCUT2D eigenvalue weighted by Crippen LogP contribution is -2.20. The van der Waals surface area contributed by atoms with Crippen LogP contribution in [-0.4, -0.2) is 21.8 Å². The van der Waals surface area contributed by atoms with Crippen molar-refractivity contribution in [1.29, 1.82) is 0 Å². The zero-order valence-electron chi connectivity index (χ0n) is 12.7. The molecule has 0 spiro atoms. The van der Waals surface area contributed by atoms with Crippen LogP contribution in [0.25, 0.3) is 10.8 Å². The van der Waals surface area contributed by atoms with Gasteiger partial charge in [0, 0.05) is 24.5 Å². The van der Waals surface area contributed by atoms with E-state index in [4.69, 9.17) is 0 Å². The molecule has 0 aliphatic rings. The molecule has 2 N–H and O–H groups in total. The van der Waals surface area contributed by atoms with Crippen LogP contribution in [0, 0.1) is 0 Å². The van der Waals surface area contributed by atoms with Gasteiger partial charge in [-0.3, -0.25) is 4.79 Å². The van der Waals surface area contributed by atoms with Crippen molar-refractivity contribution in [2.24, 2.45) is 12.1 Å². The molecule has 116 valence electrons. The standard InChI is InChI=1S/C18H17N3O2/c1-21-10-4-6-14(21)11-18(23)20-19-12-16-15-7-3-2-5-13(15)8-9-17(16)22/h2-10,12,22H,11H2,1H3,(H,20,23)/b19-12-. The van der Waals surface area contributed by atoms with Crippen molar-refractivity contribution >= 4 is 22.9 Å². The highest BCUT2D eigenvalue weighted by molar-refractivity contribution is 6.02. The molecular formula is C18H17N3O2. The Morgan fingerprint density at radius 1 is 1.22 bits per heavy atom. The number of aromatic nitrogens is 1. The molecule has 5 heteroatoms. The van der Waals surface area contributed by atoms with Crippen LogP contribution >= 0.6 is 0 Å². The number of fused-ring (bicyclic) bond motifs is 1. The van der Waals surface area contributed by atoms with Crippen LogP contribution in [0.5, 0.6) is 5.75 Å². The fraction of sp³-hybridized carbons (Fsp3) is 0.111. The molecular weight excluding hydrogens is 290 g/mol. The van der Waals surface area contributed by atoms with Gasteiger partial charge in [-0.05, 0) is 29.0 Å². The molecule has 2 aromatic carbocycles. The summed E-state index contributed by atoms with van der Waals surface area (Å²) in [5.41, 5.74) is 3.99. The predicted molar refractivity (Wildman–Crippen MR) is 90.5 cm³/mol. The monoisotopic (exact) mass is 307 g/mol. The van der Waals surface area contributed by atoms with Gasteiger partial charge < -0.3 is 9.67 Å². The second kappa shape index (κ2) is 6.36. The third kappa shape index (κ3) is 3.23. The second-order valence-corrected chi connectivity index (χ2v) is 5.30. The minimum Gasteiger partial charge on any atom is -0.507 e. The number of aromatic hydroxyl groups is 1. The lowest BCUT2D eigenvalue weighted by atomic mass is 10.0. The van der Waals surface area contributed by atoms with Crippen molar-refractivity contribution in [2.75, 3.05) is 0 Å². The largest absolute Gasteiger partial charge is 0.507 e. The summed E-state index contributed by atoms with van der Waals surface area (Å²) in [6, 6.07) is 14.9. The number of phenolic OH excluding ortho intramolecular Hbond substituents is 1. The van der Waals surface area contributed by atoms with E-state index in [9.17, 15) is 9.90 Å². The summed E-state index contributed by atoms with van der Waals surface area (Å²) in [6.45, 7) is 0. The summed E-state index contributed by atoms with van der Waals surface area (Å²) in [4.78, 5) is 11.9. The van der Waals surface area contributed by atoms with Crippen molar-refractivity contribution < 1.29 is 9.90 Å². The summed E-state index contributed by atoms with van der Waals surface area (Å²) in [6.07, 6.45) is 3.61. The van der Waals surface area contributed by atoms with Gasteiger partial charge in [-0.2, -0.15) is 5.10 Å². The minimum atomic E-state index is -0.206. The first-order chi connectivity index (χ1) is 11.1. The normalized spacial score (nSPS) is 11.2. The maximum Gasteiger partial charge on any atom is 0.245 e. The second-order valence-electron chi connectivity index (χ2n) is 5.30. The lowest BCUT2D eigenvalue weighted by Gasteiger charge is -2.05. The van der Waals surface area contributed by atoms with Gasteiger partial charge in [-0.15, -0.1) is 0 Å². The smallest absolute Gasteiger partial charge is 0.245 e. The zero-order chi connectivity index (χ0) is 16.2. The summed E-state index contributed by atoms with van der Waals surface area (Å²) < 4.78 is 1.89. The van der Waals surface area contributed by atoms with Crippen LogP contribution in [-0.2, 0) is 18.3 Å². The van der Waals surface area contributed by atoms with Gasteiger partial charge in [-0.1, -0.05) is 30.3 Å². The van der Waals surface area contributed by atoms with E-state index in [1.807, 2.05) is 60.3 Å². The van der Waals surface area contributed by atoms with Gasteiger partial charge in [0.1, 0.15) is 5.75 Å². The molecule has 23 heavy (non-hydrogen) atoms. The number of nitrogens with one attached hydrogen (secondary N) is 1. The molecule has 0 aliphatic heterocycles. The van der Waals surface area contributed by atoms with Gasteiger partial charge in [0.25, 0.3) is 0 Å². The van der Waals surface area contributed by atoms with Gasteiger partial charge in [0.05, 0.1) is 12.6 Å². The molecule has 0 atom stereocenters. The van der Waals surface area contributed by atoms with E-state index in [0.29, 0.717) is 5.56 Å². The van der Waals surface area contributed by atoms with Crippen LogP contribution < -0.4 is 5.43 Å². The van der Waals surface area contributed by atoms with E-state index < -0.39 is 0 Å². The number of hydrazone groups is 1. The average molecular weight is 307 g/mol. The molecule has 0 radical (unpaired) electrons. The molecule has 1 amide bonds. The molecule has 1 heterocycles. The summed E-state index contributed by atoms with van der Waals surface area (Å²) in [5.74, 6) is -0.0769. The maximum absolute atomic E-state index is 11.9. The highest BCUT2D eigenvalue weighted by Crippen LogP contribution is 2.25. The average Bonchev–Trinajstić information content (AvgIpc) is 2.94. The third-order valence-corrected chi connectivity index (χ3v) is 3.72. The number of hydrogen-bond donors (Lipinski definition) is 2. The summed E-state index contributed by atoms with van der Waals surface area (Å²) in [7, 11) is 1.89. The minimum absolute atomic E-state index is 0.129. The van der Waals surface area contributed by atoms with Crippen LogP contribution in [0.3, 0.4) is 0 Å². The Hall–Kier alpha value is -3.08. The molecule has 0 bridgehead atoms. The number of nitrogens with zero attached hydrogens (tertiary/aromatic N) is 2. The van der Waals surface area contributed by atoms with Gasteiger partial charge >= 0.3 is 0 Å². The maximum atomic E-state index is 11.9. The SMILES string of the molecule is Cn1cccc1CC(=O)N/N=C\c1c(O)ccc2ccccc12. The van der Waals surface area contributed by atoms with Crippen LogP contribution in [0.2, 0.25) is 0 Å². The molecule has 1 aromatic heterocycles. The fourth-order valence-electron chi connectivity index (χ4n) is 2.47. The van der Waals surface area contributed by atoms with Gasteiger partial charge in [-0.25, -0.2) is 5.43 Å². The van der Waals surface area contributed by atoms with Gasteiger partial charge in [0.15, 0.2) is 0 Å². The predicted octanol–water partition coefficient (Wildman–Crippen LogP) is 2.58. The van der Waals surface area contributed by atoms with Crippen LogP contribution in [0.15, 0.2) is 59.8 Å². The summed E-state index contributed by atoms with van der Waals surface area (Å²) in [5, 5.41) is 15.9. The number of aryl methyl sites for hydroxylation is 1. The van der Waals surface area contributed by atoms with E-state index in [1.165, 1.54) is 6.21 Å². The molecule has 5 nitrogen and oxygen atoms in total. The molecule has 3 aromatic rings. The van der Waals surface area contributed by atoms with Crippen molar-refractivity contribution in [3.63, 3.8) is 0 Å². The lowest BCUT2D eigenvalue weighted by molar-refractivity contribution is -0.120. The van der Waals surface area contributed by atoms with E-state index in [1.54, 1.807) is 6.07 Å². The zero-order valence-corrected chi connectivity index (χ0v) is 12.7. The van der Waals surface area contributed by atoms with E-state index in [0.717, 1.165) is 16.5 Å². The fourth-order valence-corrected chi connectivity index (χ4v) is 2.47. The first-order valence-electron chi connectivity index (χ1n) is 7.28. The van der Waals surface area contributed by atoms with Crippen LogP contribution in [0.1, 0.15) is 11.3 Å². The Kier molecular flexibility index (Phi) is 4.10. The van der Waals surface area contributed by atoms with Crippen LogP contribution in [0.4, 0.5) is 0 Å². The topological polar surface area (TPSA) is 66.6 Å². The first kappa shape index (κ1) is 14.8. The number of phenols is 1. The Morgan fingerprint density at radius 2 is 2.04 bits per heavy atom. The Morgan fingerprint density at radius 3 is 2.83 bits per heavy atom. The van der Waals surface area contributed by atoms with E-state index in [2.05, 4.69) is 10.5 Å². The van der Waals surface area contributed by atoms with Crippen molar-refractivity contribution in [2.45, 2.75) is 6.42 Å². The van der Waals surface area contributed by atoms with Crippen molar-refractivity contribution in [3.8, 4) is 5.75 Å². The number of carbonyl (C=O) groups is 1. The number of rotatable bonds is 4. The quantitative estimate of drug-likeness (QED) is 0.574. The molecule has 0 fully saturated rings. The highest BCUT2D eigenvalue weighted by atomic mass is 16.3. The summed E-state index contributed by atoms with van der Waals surface area (Å²) >= 11 is 0. The van der Waals surface area contributed by atoms with E-state index in [-0.39, 0.29) is 18.1 Å². The first-order valence-corrected chi connectivity index (χ1v) is 7.28. The molecule has 0 saturated carbocycles. The Bertz CT molecular complexity index is 881. The number of hydrogen-bond acceptors (Lipinski definition) is 3. The number of benzene rings is 2. The van der Waals surface area contributed by atoms with Gasteiger partial charge in [0.2, 0.25) is 5.91 Å². The molecule has 3 rings (SSSR count). The molecule has 0 unspecified atom stereocenters. The number of carbonyl (C=O) groups excluding carboxylic acids is 1. The Labute approximate surface area is 133 Å².